The fourth-order valence-corrected chi connectivity index (χ4v) is 2.43. The van der Waals surface area contributed by atoms with Crippen molar-refractivity contribution in [2.45, 2.75) is 44.8 Å². The van der Waals surface area contributed by atoms with Crippen LogP contribution in [0.5, 0.6) is 0 Å². The van der Waals surface area contributed by atoms with Crippen molar-refractivity contribution in [3.63, 3.8) is 0 Å². The SMILES string of the molecule is CCCCCC1OC1c1ccccc1C#CI. The zero-order valence-corrected chi connectivity index (χ0v) is 12.2. The summed E-state index contributed by atoms with van der Waals surface area (Å²) >= 11 is 2.08. The molecule has 1 fully saturated rings. The first-order valence-electron chi connectivity index (χ1n) is 6.23. The Morgan fingerprint density at radius 1 is 1.29 bits per heavy atom. The predicted octanol–water partition coefficient (Wildman–Crippen LogP) is 4.45. The van der Waals surface area contributed by atoms with Crippen molar-refractivity contribution < 1.29 is 4.74 Å². The van der Waals surface area contributed by atoms with Crippen molar-refractivity contribution in [3.05, 3.63) is 35.4 Å². The largest absolute Gasteiger partial charge is 0.364 e. The molecule has 90 valence electrons. The summed E-state index contributed by atoms with van der Waals surface area (Å²) in [6.45, 7) is 2.23. The van der Waals surface area contributed by atoms with Gasteiger partial charge in [-0.15, -0.1) is 0 Å². The van der Waals surface area contributed by atoms with Crippen LogP contribution in [-0.2, 0) is 4.74 Å². The fraction of sp³-hybridized carbons (Fsp3) is 0.467. The molecule has 2 unspecified atom stereocenters. The van der Waals surface area contributed by atoms with Crippen molar-refractivity contribution in [3.8, 4) is 9.85 Å². The minimum Gasteiger partial charge on any atom is -0.364 e. The standard InChI is InChI=1S/C15H17IO/c1-2-3-4-9-14-15(17-14)13-8-6-5-7-12(13)10-11-16/h5-8,14-15H,2-4,9H2,1H3. The van der Waals surface area contributed by atoms with Crippen LogP contribution in [0, 0.1) is 9.85 Å². The molecule has 1 aliphatic rings. The van der Waals surface area contributed by atoms with Gasteiger partial charge in [-0.3, -0.25) is 0 Å². The van der Waals surface area contributed by atoms with Crippen LogP contribution in [0.25, 0.3) is 0 Å². The molecular formula is C15H17IO. The first-order chi connectivity index (χ1) is 8.36. The number of hydrogen-bond donors (Lipinski definition) is 0. The maximum Gasteiger partial charge on any atom is 0.110 e. The summed E-state index contributed by atoms with van der Waals surface area (Å²) in [4.78, 5) is 0. The Morgan fingerprint density at radius 3 is 2.88 bits per heavy atom. The molecule has 0 aliphatic carbocycles. The molecule has 0 amide bonds. The van der Waals surface area contributed by atoms with Gasteiger partial charge in [-0.25, -0.2) is 0 Å². The van der Waals surface area contributed by atoms with Crippen LogP contribution in [-0.4, -0.2) is 6.10 Å². The quantitative estimate of drug-likeness (QED) is 0.334. The molecule has 2 rings (SSSR count). The summed E-state index contributed by atoms with van der Waals surface area (Å²) in [5, 5.41) is 0. The van der Waals surface area contributed by atoms with Crippen molar-refractivity contribution in [2.75, 3.05) is 0 Å². The van der Waals surface area contributed by atoms with E-state index in [1.807, 2.05) is 6.07 Å². The number of benzene rings is 1. The Balaban J connectivity index is 1.97. The van der Waals surface area contributed by atoms with Crippen molar-refractivity contribution in [1.29, 1.82) is 0 Å². The van der Waals surface area contributed by atoms with Gasteiger partial charge >= 0.3 is 0 Å². The molecule has 0 N–H and O–H groups in total. The van der Waals surface area contributed by atoms with E-state index in [4.69, 9.17) is 4.74 Å². The Hall–Kier alpha value is -0.530. The van der Waals surface area contributed by atoms with E-state index in [1.165, 1.54) is 31.2 Å². The van der Waals surface area contributed by atoms with Gasteiger partial charge in [0.1, 0.15) is 6.10 Å². The van der Waals surface area contributed by atoms with Crippen LogP contribution in [0.4, 0.5) is 0 Å². The van der Waals surface area contributed by atoms with Crippen molar-refractivity contribution >= 4 is 22.6 Å². The normalized spacial score (nSPS) is 21.8. The first-order valence-corrected chi connectivity index (χ1v) is 7.30. The third-order valence-electron chi connectivity index (χ3n) is 3.12. The number of epoxide rings is 1. The highest BCUT2D eigenvalue weighted by atomic mass is 127. The smallest absolute Gasteiger partial charge is 0.110 e. The van der Waals surface area contributed by atoms with E-state index in [2.05, 4.69) is 57.6 Å². The minimum atomic E-state index is 0.292. The molecule has 2 atom stereocenters. The highest BCUT2D eigenvalue weighted by molar-refractivity contribution is 14.1. The molecule has 0 aromatic heterocycles. The molecule has 2 heteroatoms. The second-order valence-electron chi connectivity index (χ2n) is 4.40. The lowest BCUT2D eigenvalue weighted by atomic mass is 10.0. The predicted molar refractivity (Wildman–Crippen MR) is 79.1 cm³/mol. The molecule has 1 aromatic rings. The zero-order valence-electron chi connectivity index (χ0n) is 10.1. The van der Waals surface area contributed by atoms with Crippen LogP contribution >= 0.6 is 22.6 Å². The van der Waals surface area contributed by atoms with Gasteiger partial charge in [0.2, 0.25) is 0 Å². The van der Waals surface area contributed by atoms with Crippen molar-refractivity contribution in [2.24, 2.45) is 0 Å². The Morgan fingerprint density at radius 2 is 2.12 bits per heavy atom. The van der Waals surface area contributed by atoms with E-state index in [-0.39, 0.29) is 0 Å². The second-order valence-corrected chi connectivity index (χ2v) is 4.94. The number of rotatable bonds is 5. The molecule has 0 radical (unpaired) electrons. The molecule has 1 aliphatic heterocycles. The average Bonchev–Trinajstić information content (AvgIpc) is 3.10. The van der Waals surface area contributed by atoms with Crippen LogP contribution in [0.3, 0.4) is 0 Å². The van der Waals surface area contributed by atoms with Gasteiger partial charge in [0.05, 0.1) is 6.10 Å². The summed E-state index contributed by atoms with van der Waals surface area (Å²) < 4.78 is 8.70. The molecule has 1 aromatic carbocycles. The Bertz CT molecular complexity index is 430. The van der Waals surface area contributed by atoms with E-state index in [0.717, 1.165) is 5.56 Å². The number of unbranched alkanes of at least 4 members (excludes halogenated alkanes) is 2. The van der Waals surface area contributed by atoms with Crippen LogP contribution in [0.1, 0.15) is 49.8 Å². The Labute approximate surface area is 117 Å². The lowest BCUT2D eigenvalue weighted by Gasteiger charge is -2.00. The third-order valence-corrected chi connectivity index (χ3v) is 3.39. The van der Waals surface area contributed by atoms with Crippen molar-refractivity contribution in [1.82, 2.24) is 0 Å². The van der Waals surface area contributed by atoms with E-state index in [1.54, 1.807) is 0 Å². The van der Waals surface area contributed by atoms with Gasteiger partial charge in [0, 0.05) is 28.2 Å². The minimum absolute atomic E-state index is 0.292. The average molecular weight is 340 g/mol. The van der Waals surface area contributed by atoms with Gasteiger partial charge in [-0.1, -0.05) is 50.3 Å². The van der Waals surface area contributed by atoms with Crippen LogP contribution in [0.2, 0.25) is 0 Å². The summed E-state index contributed by atoms with van der Waals surface area (Å²) in [7, 11) is 0. The Kier molecular flexibility index (Phi) is 4.87. The molecule has 1 heterocycles. The molecule has 1 nitrogen and oxygen atoms in total. The van der Waals surface area contributed by atoms with E-state index in [9.17, 15) is 0 Å². The molecule has 0 spiro atoms. The highest BCUT2D eigenvalue weighted by Gasteiger charge is 2.40. The molecule has 1 saturated heterocycles. The van der Waals surface area contributed by atoms with E-state index >= 15 is 0 Å². The summed E-state index contributed by atoms with van der Waals surface area (Å²) in [5.74, 6) is 3.14. The molecule has 0 bridgehead atoms. The van der Waals surface area contributed by atoms with E-state index < -0.39 is 0 Å². The fourth-order valence-electron chi connectivity index (χ4n) is 2.14. The van der Waals surface area contributed by atoms with E-state index in [0.29, 0.717) is 12.2 Å². The third kappa shape index (κ3) is 3.46. The maximum absolute atomic E-state index is 5.77. The first kappa shape index (κ1) is 12.9. The van der Waals surface area contributed by atoms with Gasteiger partial charge in [-0.05, 0) is 22.0 Å². The van der Waals surface area contributed by atoms with Gasteiger partial charge in [-0.2, -0.15) is 0 Å². The summed E-state index contributed by atoms with van der Waals surface area (Å²) in [6, 6.07) is 8.32. The molecule has 0 saturated carbocycles. The second kappa shape index (κ2) is 6.42. The highest BCUT2D eigenvalue weighted by Crippen LogP contribution is 2.42. The lowest BCUT2D eigenvalue weighted by molar-refractivity contribution is 0.361. The number of hydrogen-bond acceptors (Lipinski definition) is 1. The molecular weight excluding hydrogens is 323 g/mol. The number of ether oxygens (including phenoxy) is 1. The monoisotopic (exact) mass is 340 g/mol. The maximum atomic E-state index is 5.77. The lowest BCUT2D eigenvalue weighted by Crippen LogP contribution is -1.92. The zero-order chi connectivity index (χ0) is 12.1. The molecule has 17 heavy (non-hydrogen) atoms. The van der Waals surface area contributed by atoms with Crippen LogP contribution in [0.15, 0.2) is 24.3 Å². The summed E-state index contributed by atoms with van der Waals surface area (Å²) in [5.41, 5.74) is 2.38. The number of halogens is 1. The van der Waals surface area contributed by atoms with Gasteiger partial charge < -0.3 is 4.74 Å². The van der Waals surface area contributed by atoms with Gasteiger partial charge in [0.15, 0.2) is 0 Å². The topological polar surface area (TPSA) is 12.5 Å². The summed E-state index contributed by atoms with van der Waals surface area (Å²) in [6.07, 6.45) is 5.76. The van der Waals surface area contributed by atoms with Gasteiger partial charge in [0.25, 0.3) is 0 Å². The van der Waals surface area contributed by atoms with Crippen LogP contribution < -0.4 is 0 Å².